The molecule has 2 heterocycles. The first-order valence-corrected chi connectivity index (χ1v) is 11.7. The molecule has 0 saturated carbocycles. The summed E-state index contributed by atoms with van der Waals surface area (Å²) in [6.45, 7) is 10.8. The zero-order valence-corrected chi connectivity index (χ0v) is 20.2. The number of nitrogens with one attached hydrogen (secondary N) is 2. The van der Waals surface area contributed by atoms with Gasteiger partial charge in [0.05, 0.1) is 10.9 Å². The maximum absolute atomic E-state index is 13.9. The Balaban J connectivity index is 1.85. The maximum atomic E-state index is 13.9. The van der Waals surface area contributed by atoms with Crippen molar-refractivity contribution in [2.45, 2.75) is 46.2 Å². The van der Waals surface area contributed by atoms with E-state index in [9.17, 15) is 14.0 Å². The number of amides is 1. The average molecular weight is 466 g/mol. The third kappa shape index (κ3) is 5.28. The number of aromatic nitrogens is 2. The highest BCUT2D eigenvalue weighted by Gasteiger charge is 2.20. The Kier molecular flexibility index (Phi) is 6.70. The summed E-state index contributed by atoms with van der Waals surface area (Å²) in [7, 11) is 0. The smallest absolute Gasteiger partial charge is 0.262 e. The lowest BCUT2D eigenvalue weighted by molar-refractivity contribution is -0.123. The van der Waals surface area contributed by atoms with E-state index in [-0.39, 0.29) is 23.8 Å². The molecular weight excluding hydrogens is 433 g/mol. The van der Waals surface area contributed by atoms with Crippen LogP contribution in [0.15, 0.2) is 41.2 Å². The molecule has 34 heavy (non-hydrogen) atoms. The van der Waals surface area contributed by atoms with E-state index in [1.165, 1.54) is 10.6 Å². The zero-order valence-electron chi connectivity index (χ0n) is 20.2. The third-order valence-electron chi connectivity index (χ3n) is 5.88. The van der Waals surface area contributed by atoms with Gasteiger partial charge in [0.15, 0.2) is 0 Å². The van der Waals surface area contributed by atoms with Gasteiger partial charge in [0.2, 0.25) is 5.91 Å². The first-order valence-electron chi connectivity index (χ1n) is 11.7. The summed E-state index contributed by atoms with van der Waals surface area (Å²) in [5.74, 6) is -0.276. The predicted octanol–water partition coefficient (Wildman–Crippen LogP) is 3.23. The summed E-state index contributed by atoms with van der Waals surface area (Å²) in [6.07, 6.45) is 1.02. The summed E-state index contributed by atoms with van der Waals surface area (Å²) in [4.78, 5) is 33.5. The van der Waals surface area contributed by atoms with E-state index >= 15 is 0 Å². The lowest BCUT2D eigenvalue weighted by Crippen LogP contribution is -2.43. The molecule has 2 aromatic carbocycles. The van der Waals surface area contributed by atoms with Crippen molar-refractivity contribution in [3.8, 4) is 11.4 Å². The van der Waals surface area contributed by atoms with E-state index in [1.54, 1.807) is 19.1 Å². The van der Waals surface area contributed by atoms with Gasteiger partial charge in [0.25, 0.3) is 5.56 Å². The number of benzene rings is 2. The minimum absolute atomic E-state index is 0.178. The third-order valence-corrected chi connectivity index (χ3v) is 5.88. The van der Waals surface area contributed by atoms with Crippen LogP contribution < -0.4 is 21.1 Å². The molecule has 7 nitrogen and oxygen atoms in total. The lowest BCUT2D eigenvalue weighted by atomic mass is 10.1. The van der Waals surface area contributed by atoms with Gasteiger partial charge >= 0.3 is 0 Å². The normalized spacial score (nSPS) is 14.8. The van der Waals surface area contributed by atoms with Crippen molar-refractivity contribution in [1.29, 1.82) is 0 Å². The van der Waals surface area contributed by atoms with E-state index in [4.69, 9.17) is 4.98 Å². The highest BCUT2D eigenvalue weighted by molar-refractivity contribution is 5.84. The fraction of sp³-hybridized carbons (Fsp3) is 0.423. The average Bonchev–Trinajstić information content (AvgIpc) is 3.06. The van der Waals surface area contributed by atoms with E-state index < -0.39 is 5.54 Å². The molecular formula is C26H32FN5O2. The highest BCUT2D eigenvalue weighted by atomic mass is 19.1. The number of fused-ring (bicyclic) bond motifs is 1. The summed E-state index contributed by atoms with van der Waals surface area (Å²) in [6, 6.07) is 10.3. The maximum Gasteiger partial charge on any atom is 0.262 e. The molecule has 4 rings (SSSR count). The van der Waals surface area contributed by atoms with Crippen molar-refractivity contribution in [3.05, 3.63) is 58.1 Å². The lowest BCUT2D eigenvalue weighted by Gasteiger charge is -2.23. The molecule has 0 aliphatic carbocycles. The van der Waals surface area contributed by atoms with Gasteiger partial charge in [0.1, 0.15) is 18.2 Å². The Morgan fingerprint density at radius 1 is 1.15 bits per heavy atom. The van der Waals surface area contributed by atoms with Crippen molar-refractivity contribution in [2.24, 2.45) is 0 Å². The molecule has 1 aliphatic heterocycles. The van der Waals surface area contributed by atoms with Crippen LogP contribution in [0.4, 0.5) is 10.1 Å². The van der Waals surface area contributed by atoms with Gasteiger partial charge in [-0.15, -0.1) is 0 Å². The van der Waals surface area contributed by atoms with E-state index in [0.29, 0.717) is 27.9 Å². The molecule has 1 aliphatic rings. The number of nitrogens with zero attached hydrogens (tertiary/aromatic N) is 3. The number of carbonyl (C=O) groups excluding carboxylic acids is 1. The molecule has 0 unspecified atom stereocenters. The standard InChI is InChI=1S/C26H32FN5O2/c1-17-14-18(6-8-21(17)27)24-29-22-9-7-19(31-12-5-10-28-11-13-31)15-20(22)25(34)32(24)16-23(33)30-26(2,3)4/h6-9,14-15,28H,5,10-13,16H2,1-4H3,(H,30,33). The van der Waals surface area contributed by atoms with Crippen molar-refractivity contribution in [3.63, 3.8) is 0 Å². The van der Waals surface area contributed by atoms with Crippen molar-refractivity contribution in [1.82, 2.24) is 20.2 Å². The molecule has 0 atom stereocenters. The fourth-order valence-corrected chi connectivity index (χ4v) is 4.26. The van der Waals surface area contributed by atoms with Crippen LogP contribution in [0, 0.1) is 12.7 Å². The number of halogens is 1. The molecule has 8 heteroatoms. The van der Waals surface area contributed by atoms with Crippen LogP contribution >= 0.6 is 0 Å². The van der Waals surface area contributed by atoms with Gasteiger partial charge < -0.3 is 15.5 Å². The van der Waals surface area contributed by atoms with Crippen LogP contribution in [-0.4, -0.2) is 47.2 Å². The fourth-order valence-electron chi connectivity index (χ4n) is 4.26. The first-order chi connectivity index (χ1) is 16.1. The van der Waals surface area contributed by atoms with Crippen LogP contribution in [0.2, 0.25) is 0 Å². The second kappa shape index (κ2) is 9.54. The minimum atomic E-state index is -0.439. The Bertz CT molecular complexity index is 1270. The molecule has 180 valence electrons. The monoisotopic (exact) mass is 465 g/mol. The summed E-state index contributed by atoms with van der Waals surface area (Å²) in [5.41, 5.74) is 1.82. The second-order valence-corrected chi connectivity index (χ2v) is 9.88. The largest absolute Gasteiger partial charge is 0.370 e. The van der Waals surface area contributed by atoms with Crippen molar-refractivity contribution < 1.29 is 9.18 Å². The summed E-state index contributed by atoms with van der Waals surface area (Å²) in [5, 5.41) is 6.76. The van der Waals surface area contributed by atoms with Gasteiger partial charge in [-0.1, -0.05) is 0 Å². The van der Waals surface area contributed by atoms with Gasteiger partial charge in [-0.2, -0.15) is 0 Å². The number of rotatable bonds is 4. The number of hydrogen-bond acceptors (Lipinski definition) is 5. The first kappa shape index (κ1) is 23.9. The molecule has 1 saturated heterocycles. The predicted molar refractivity (Wildman–Crippen MR) is 134 cm³/mol. The number of aryl methyl sites for hydroxylation is 1. The molecule has 1 amide bonds. The molecule has 0 radical (unpaired) electrons. The van der Waals surface area contributed by atoms with Crippen LogP contribution in [0.5, 0.6) is 0 Å². The Morgan fingerprint density at radius 3 is 2.68 bits per heavy atom. The number of anilines is 1. The number of carbonyl (C=O) groups is 1. The number of hydrogen-bond donors (Lipinski definition) is 2. The Hall–Kier alpha value is -3.26. The van der Waals surface area contributed by atoms with Crippen LogP contribution in [0.1, 0.15) is 32.8 Å². The zero-order chi connectivity index (χ0) is 24.5. The minimum Gasteiger partial charge on any atom is -0.370 e. The van der Waals surface area contributed by atoms with Crippen molar-refractivity contribution >= 4 is 22.5 Å². The van der Waals surface area contributed by atoms with Gasteiger partial charge in [0, 0.05) is 36.4 Å². The quantitative estimate of drug-likeness (QED) is 0.619. The SMILES string of the molecule is Cc1cc(-c2nc3ccc(N4CCCNCC4)cc3c(=O)n2CC(=O)NC(C)(C)C)ccc1F. The van der Waals surface area contributed by atoms with Gasteiger partial charge in [-0.25, -0.2) is 9.37 Å². The highest BCUT2D eigenvalue weighted by Crippen LogP contribution is 2.24. The van der Waals surface area contributed by atoms with E-state index in [2.05, 4.69) is 15.5 Å². The Morgan fingerprint density at radius 2 is 1.94 bits per heavy atom. The van der Waals surface area contributed by atoms with Crippen LogP contribution in [0.3, 0.4) is 0 Å². The molecule has 1 fully saturated rings. The van der Waals surface area contributed by atoms with Gasteiger partial charge in [-0.05, 0) is 82.6 Å². The summed E-state index contributed by atoms with van der Waals surface area (Å²) < 4.78 is 15.3. The molecule has 0 bridgehead atoms. The molecule has 0 spiro atoms. The van der Waals surface area contributed by atoms with Crippen LogP contribution in [0.25, 0.3) is 22.3 Å². The van der Waals surface area contributed by atoms with E-state index in [0.717, 1.165) is 38.3 Å². The van der Waals surface area contributed by atoms with Crippen molar-refractivity contribution in [2.75, 3.05) is 31.1 Å². The Labute approximate surface area is 199 Å². The summed E-state index contributed by atoms with van der Waals surface area (Å²) >= 11 is 0. The van der Waals surface area contributed by atoms with E-state index in [1.807, 2.05) is 39.0 Å². The second-order valence-electron chi connectivity index (χ2n) is 9.88. The topological polar surface area (TPSA) is 79.3 Å². The van der Waals surface area contributed by atoms with Crippen LogP contribution in [-0.2, 0) is 11.3 Å². The van der Waals surface area contributed by atoms with Gasteiger partial charge in [-0.3, -0.25) is 14.2 Å². The molecule has 1 aromatic heterocycles. The molecule has 2 N–H and O–H groups in total. The molecule has 3 aromatic rings.